The molecular weight excluding hydrogens is 326 g/mol. The van der Waals surface area contributed by atoms with Gasteiger partial charge in [-0.05, 0) is 49.9 Å². The minimum absolute atomic E-state index is 0.00367. The molecule has 6 nitrogen and oxygen atoms in total. The van der Waals surface area contributed by atoms with Crippen molar-refractivity contribution in [3.8, 4) is 0 Å². The van der Waals surface area contributed by atoms with Gasteiger partial charge in [0.1, 0.15) is 5.82 Å². The molecule has 2 saturated heterocycles. The number of carbonyl (C=O) groups is 1. The number of aromatic nitrogens is 2. The number of hydrogen-bond donors (Lipinski definition) is 1. The molecule has 0 radical (unpaired) electrons. The summed E-state index contributed by atoms with van der Waals surface area (Å²) in [5, 5.41) is 3.18. The molecule has 1 aromatic carbocycles. The van der Waals surface area contributed by atoms with Crippen LogP contribution < -0.4 is 15.1 Å². The fraction of sp³-hybridized carbons (Fsp3) is 0.450. The summed E-state index contributed by atoms with van der Waals surface area (Å²) in [5.74, 6) is 0.880. The molecule has 0 saturated carbocycles. The van der Waals surface area contributed by atoms with E-state index < -0.39 is 0 Å². The molecule has 2 fully saturated rings. The van der Waals surface area contributed by atoms with Crippen LogP contribution in [0, 0.1) is 0 Å². The normalized spacial score (nSPS) is 20.2. The fourth-order valence-corrected chi connectivity index (χ4v) is 3.83. The highest BCUT2D eigenvalue weighted by molar-refractivity contribution is 5.94. The molecule has 0 bridgehead atoms. The van der Waals surface area contributed by atoms with Crippen LogP contribution in [-0.2, 0) is 0 Å². The monoisotopic (exact) mass is 351 g/mol. The maximum Gasteiger partial charge on any atom is 0.251 e. The highest BCUT2D eigenvalue weighted by Crippen LogP contribution is 2.21. The SMILES string of the molecule is O=C(N[C@H]1CCCN(c2cnccn2)C1)c1ccc(N2CCCC2)cc1. The van der Waals surface area contributed by atoms with E-state index in [-0.39, 0.29) is 11.9 Å². The van der Waals surface area contributed by atoms with Gasteiger partial charge in [-0.1, -0.05) is 0 Å². The van der Waals surface area contributed by atoms with E-state index in [0.29, 0.717) is 0 Å². The summed E-state index contributed by atoms with van der Waals surface area (Å²) in [5.41, 5.74) is 1.94. The van der Waals surface area contributed by atoms with Gasteiger partial charge >= 0.3 is 0 Å². The zero-order valence-corrected chi connectivity index (χ0v) is 15.0. The Balaban J connectivity index is 1.36. The zero-order valence-electron chi connectivity index (χ0n) is 15.0. The molecule has 2 aliphatic rings. The third kappa shape index (κ3) is 3.79. The van der Waals surface area contributed by atoms with Gasteiger partial charge in [0.05, 0.1) is 6.20 Å². The van der Waals surface area contributed by atoms with Crippen molar-refractivity contribution in [2.75, 3.05) is 36.0 Å². The van der Waals surface area contributed by atoms with E-state index in [1.807, 2.05) is 12.1 Å². The van der Waals surface area contributed by atoms with Crippen molar-refractivity contribution in [3.63, 3.8) is 0 Å². The first-order valence-electron chi connectivity index (χ1n) is 9.46. The lowest BCUT2D eigenvalue weighted by atomic mass is 10.0. The minimum atomic E-state index is 0.00367. The van der Waals surface area contributed by atoms with E-state index in [0.717, 1.165) is 50.4 Å². The summed E-state index contributed by atoms with van der Waals surface area (Å²) in [6.45, 7) is 3.96. The largest absolute Gasteiger partial charge is 0.372 e. The van der Waals surface area contributed by atoms with Crippen LogP contribution in [0.5, 0.6) is 0 Å². The van der Waals surface area contributed by atoms with Crippen molar-refractivity contribution < 1.29 is 4.79 Å². The Kier molecular flexibility index (Phi) is 5.00. The molecule has 1 aromatic heterocycles. The van der Waals surface area contributed by atoms with E-state index in [9.17, 15) is 4.79 Å². The lowest BCUT2D eigenvalue weighted by Gasteiger charge is -2.33. The van der Waals surface area contributed by atoms with Gasteiger partial charge in [-0.2, -0.15) is 0 Å². The van der Waals surface area contributed by atoms with Gasteiger partial charge in [0.15, 0.2) is 0 Å². The second-order valence-electron chi connectivity index (χ2n) is 7.06. The molecule has 0 aliphatic carbocycles. The molecule has 0 spiro atoms. The molecule has 4 rings (SSSR count). The molecule has 2 aromatic rings. The standard InChI is InChI=1S/C20H25N5O/c26-20(16-5-7-18(8-6-16)24-11-1-2-12-24)23-17-4-3-13-25(15-17)19-14-21-9-10-22-19/h5-10,14,17H,1-4,11-13,15H2,(H,23,26)/t17-/m0/s1. The maximum absolute atomic E-state index is 12.6. The Hall–Kier alpha value is -2.63. The summed E-state index contributed by atoms with van der Waals surface area (Å²) in [7, 11) is 0. The molecule has 1 N–H and O–H groups in total. The molecule has 6 heteroatoms. The van der Waals surface area contributed by atoms with Gasteiger partial charge in [-0.3, -0.25) is 9.78 Å². The van der Waals surface area contributed by atoms with E-state index in [1.54, 1.807) is 18.6 Å². The first kappa shape index (κ1) is 16.8. The predicted octanol–water partition coefficient (Wildman–Crippen LogP) is 2.48. The van der Waals surface area contributed by atoms with Crippen molar-refractivity contribution in [2.24, 2.45) is 0 Å². The average Bonchev–Trinajstić information content (AvgIpc) is 3.24. The second-order valence-corrected chi connectivity index (χ2v) is 7.06. The van der Waals surface area contributed by atoms with Crippen molar-refractivity contribution in [2.45, 2.75) is 31.7 Å². The van der Waals surface area contributed by atoms with Crippen LogP contribution >= 0.6 is 0 Å². The smallest absolute Gasteiger partial charge is 0.251 e. The number of rotatable bonds is 4. The van der Waals surface area contributed by atoms with Gasteiger partial charge < -0.3 is 15.1 Å². The molecule has 0 unspecified atom stereocenters. The van der Waals surface area contributed by atoms with Crippen LogP contribution in [0.1, 0.15) is 36.0 Å². The van der Waals surface area contributed by atoms with Crippen LogP contribution in [0.2, 0.25) is 0 Å². The lowest BCUT2D eigenvalue weighted by molar-refractivity contribution is 0.0933. The summed E-state index contributed by atoms with van der Waals surface area (Å²) in [6.07, 6.45) is 9.71. The predicted molar refractivity (Wildman–Crippen MR) is 103 cm³/mol. The summed E-state index contributed by atoms with van der Waals surface area (Å²) >= 11 is 0. The first-order chi connectivity index (χ1) is 12.8. The summed E-state index contributed by atoms with van der Waals surface area (Å²) in [6, 6.07) is 8.13. The van der Waals surface area contributed by atoms with Crippen LogP contribution in [-0.4, -0.2) is 48.1 Å². The Morgan fingerprint density at radius 1 is 1.00 bits per heavy atom. The van der Waals surface area contributed by atoms with Crippen LogP contribution in [0.15, 0.2) is 42.9 Å². The third-order valence-electron chi connectivity index (χ3n) is 5.23. The molecule has 1 atom stereocenters. The van der Waals surface area contributed by atoms with Gasteiger partial charge in [0.25, 0.3) is 5.91 Å². The van der Waals surface area contributed by atoms with E-state index in [2.05, 4.69) is 37.2 Å². The topological polar surface area (TPSA) is 61.4 Å². The van der Waals surface area contributed by atoms with E-state index >= 15 is 0 Å². The van der Waals surface area contributed by atoms with Crippen molar-refractivity contribution in [1.29, 1.82) is 0 Å². The Morgan fingerprint density at radius 2 is 1.77 bits per heavy atom. The summed E-state index contributed by atoms with van der Waals surface area (Å²) in [4.78, 5) is 25.7. The number of piperidine rings is 1. The minimum Gasteiger partial charge on any atom is -0.372 e. The van der Waals surface area contributed by atoms with E-state index in [1.165, 1.54) is 18.5 Å². The molecule has 136 valence electrons. The quantitative estimate of drug-likeness (QED) is 0.917. The number of nitrogens with one attached hydrogen (secondary N) is 1. The molecule has 1 amide bonds. The Labute approximate surface area is 154 Å². The Bertz CT molecular complexity index is 728. The second kappa shape index (κ2) is 7.72. The average molecular weight is 351 g/mol. The number of anilines is 2. The lowest BCUT2D eigenvalue weighted by Crippen LogP contribution is -2.48. The Morgan fingerprint density at radius 3 is 2.50 bits per heavy atom. The van der Waals surface area contributed by atoms with Crippen molar-refractivity contribution in [1.82, 2.24) is 15.3 Å². The molecule has 3 heterocycles. The first-order valence-corrected chi connectivity index (χ1v) is 9.46. The van der Waals surface area contributed by atoms with Gasteiger partial charge in [0, 0.05) is 55.9 Å². The molecule has 2 aliphatic heterocycles. The van der Waals surface area contributed by atoms with Crippen molar-refractivity contribution in [3.05, 3.63) is 48.4 Å². The van der Waals surface area contributed by atoms with Crippen LogP contribution in [0.3, 0.4) is 0 Å². The van der Waals surface area contributed by atoms with Crippen LogP contribution in [0.4, 0.5) is 11.5 Å². The van der Waals surface area contributed by atoms with Gasteiger partial charge in [0.2, 0.25) is 0 Å². The van der Waals surface area contributed by atoms with Gasteiger partial charge in [-0.25, -0.2) is 4.98 Å². The van der Waals surface area contributed by atoms with Gasteiger partial charge in [-0.15, -0.1) is 0 Å². The number of amides is 1. The number of hydrogen-bond acceptors (Lipinski definition) is 5. The fourth-order valence-electron chi connectivity index (χ4n) is 3.83. The number of nitrogens with zero attached hydrogens (tertiary/aromatic N) is 4. The maximum atomic E-state index is 12.6. The van der Waals surface area contributed by atoms with E-state index in [4.69, 9.17) is 0 Å². The number of benzene rings is 1. The summed E-state index contributed by atoms with van der Waals surface area (Å²) < 4.78 is 0. The zero-order chi connectivity index (χ0) is 17.8. The van der Waals surface area contributed by atoms with Crippen molar-refractivity contribution >= 4 is 17.4 Å². The molecule has 26 heavy (non-hydrogen) atoms. The highest BCUT2D eigenvalue weighted by Gasteiger charge is 2.23. The van der Waals surface area contributed by atoms with Crippen LogP contribution in [0.25, 0.3) is 0 Å². The molecular formula is C20H25N5O. The number of carbonyl (C=O) groups excluding carboxylic acids is 1. The highest BCUT2D eigenvalue weighted by atomic mass is 16.1. The third-order valence-corrected chi connectivity index (χ3v) is 5.23.